The van der Waals surface area contributed by atoms with E-state index >= 15 is 0 Å². The van der Waals surface area contributed by atoms with Crippen LogP contribution in [-0.4, -0.2) is 37.1 Å². The van der Waals surface area contributed by atoms with Crippen LogP contribution in [0.5, 0.6) is 11.5 Å². The third-order valence-corrected chi connectivity index (χ3v) is 4.74. The highest BCUT2D eigenvalue weighted by Crippen LogP contribution is 2.36. The number of thiazole rings is 1. The minimum atomic E-state index is -1.07. The highest BCUT2D eigenvalue weighted by Gasteiger charge is 2.25. The molecule has 2 aromatic rings. The first-order valence-electron chi connectivity index (χ1n) is 7.93. The van der Waals surface area contributed by atoms with Crippen LogP contribution in [0.1, 0.15) is 33.9 Å². The summed E-state index contributed by atoms with van der Waals surface area (Å²) in [6, 6.07) is 4.67. The number of hydrogen-bond donors (Lipinski definition) is 0. The second-order valence-corrected chi connectivity index (χ2v) is 6.65. The molecule has 142 valence electrons. The predicted molar refractivity (Wildman–Crippen MR) is 99.7 cm³/mol. The maximum absolute atomic E-state index is 12.3. The van der Waals surface area contributed by atoms with Crippen LogP contribution < -0.4 is 9.47 Å². The molecule has 0 bridgehead atoms. The zero-order valence-electron chi connectivity index (χ0n) is 14.9. The Morgan fingerprint density at radius 3 is 2.70 bits per heavy atom. The van der Waals surface area contributed by atoms with Crippen molar-refractivity contribution in [3.63, 3.8) is 0 Å². The van der Waals surface area contributed by atoms with Crippen molar-refractivity contribution in [1.82, 2.24) is 4.98 Å². The summed E-state index contributed by atoms with van der Waals surface area (Å²) in [7, 11) is 1.42. The molecule has 7 nitrogen and oxygen atoms in total. The van der Waals surface area contributed by atoms with Crippen LogP contribution in [0.4, 0.5) is 0 Å². The first kappa shape index (κ1) is 20.7. The Labute approximate surface area is 165 Å². The number of ether oxygens (including phenoxy) is 3. The molecule has 2 rings (SSSR count). The lowest BCUT2D eigenvalue weighted by Gasteiger charge is -2.13. The van der Waals surface area contributed by atoms with Gasteiger partial charge in [0.05, 0.1) is 30.4 Å². The number of aryl methyl sites for hydroxylation is 1. The van der Waals surface area contributed by atoms with E-state index < -0.39 is 24.3 Å². The van der Waals surface area contributed by atoms with Crippen molar-refractivity contribution in [2.45, 2.75) is 19.8 Å². The van der Waals surface area contributed by atoms with E-state index in [1.165, 1.54) is 30.6 Å². The van der Waals surface area contributed by atoms with E-state index in [0.717, 1.165) is 5.69 Å². The summed E-state index contributed by atoms with van der Waals surface area (Å²) >= 11 is 7.34. The molecule has 0 aliphatic heterocycles. The van der Waals surface area contributed by atoms with E-state index in [2.05, 4.69) is 4.98 Å². The number of carbonyl (C=O) groups is 2. The molecular weight excluding hydrogens is 392 g/mol. The van der Waals surface area contributed by atoms with Crippen molar-refractivity contribution < 1.29 is 23.8 Å². The second kappa shape index (κ2) is 9.35. The smallest absolute Gasteiger partial charge is 0.338 e. The number of methoxy groups -OCH3 is 1. The molecule has 0 radical (unpaired) electrons. The molecule has 0 saturated heterocycles. The SMILES string of the molecule is CCOc1c(Cl)cc(C(=O)OCC(=O)[C@H](C#N)c2nc(C)cs2)cc1OC. The molecule has 0 unspecified atom stereocenters. The van der Waals surface area contributed by atoms with Crippen molar-refractivity contribution in [2.75, 3.05) is 20.3 Å². The summed E-state index contributed by atoms with van der Waals surface area (Å²) in [5, 5.41) is 11.5. The Kier molecular flexibility index (Phi) is 7.16. The van der Waals surface area contributed by atoms with E-state index in [-0.39, 0.29) is 16.3 Å². The fourth-order valence-electron chi connectivity index (χ4n) is 2.20. The van der Waals surface area contributed by atoms with Gasteiger partial charge in [-0.2, -0.15) is 5.26 Å². The molecule has 0 amide bonds. The van der Waals surface area contributed by atoms with Gasteiger partial charge in [0.2, 0.25) is 0 Å². The van der Waals surface area contributed by atoms with E-state index in [1.807, 2.05) is 6.07 Å². The quantitative estimate of drug-likeness (QED) is 0.616. The number of esters is 1. The third-order valence-electron chi connectivity index (χ3n) is 3.43. The largest absolute Gasteiger partial charge is 0.493 e. The van der Waals surface area contributed by atoms with Crippen LogP contribution in [0.25, 0.3) is 0 Å². The van der Waals surface area contributed by atoms with Gasteiger partial charge in [-0.1, -0.05) is 11.6 Å². The van der Waals surface area contributed by atoms with Gasteiger partial charge in [0.15, 0.2) is 29.8 Å². The molecule has 1 aromatic heterocycles. The molecule has 0 N–H and O–H groups in total. The van der Waals surface area contributed by atoms with Crippen molar-refractivity contribution in [1.29, 1.82) is 5.26 Å². The predicted octanol–water partition coefficient (Wildman–Crippen LogP) is 3.55. The third kappa shape index (κ3) is 4.96. The monoisotopic (exact) mass is 408 g/mol. The fraction of sp³-hybridized carbons (Fsp3) is 0.333. The zero-order valence-corrected chi connectivity index (χ0v) is 16.5. The van der Waals surface area contributed by atoms with Crippen molar-refractivity contribution in [3.8, 4) is 17.6 Å². The number of hydrogen-bond acceptors (Lipinski definition) is 8. The molecule has 1 aromatic carbocycles. The lowest BCUT2D eigenvalue weighted by molar-refractivity contribution is -0.122. The van der Waals surface area contributed by atoms with Crippen molar-refractivity contribution >= 4 is 34.7 Å². The Balaban J connectivity index is 2.10. The summed E-state index contributed by atoms with van der Waals surface area (Å²) in [6.07, 6.45) is 0. The van der Waals surface area contributed by atoms with E-state index in [4.69, 9.17) is 25.8 Å². The van der Waals surface area contributed by atoms with Crippen LogP contribution in [0.15, 0.2) is 17.5 Å². The first-order valence-corrected chi connectivity index (χ1v) is 9.18. The van der Waals surface area contributed by atoms with Gasteiger partial charge in [-0.25, -0.2) is 9.78 Å². The number of benzene rings is 1. The number of Topliss-reactive ketones (excluding diaryl/α,β-unsaturated/α-hetero) is 1. The number of rotatable bonds is 8. The zero-order chi connectivity index (χ0) is 20.0. The van der Waals surface area contributed by atoms with Gasteiger partial charge in [0.25, 0.3) is 0 Å². The molecule has 0 spiro atoms. The van der Waals surface area contributed by atoms with E-state index in [1.54, 1.807) is 19.2 Å². The second-order valence-electron chi connectivity index (χ2n) is 5.35. The maximum atomic E-state index is 12.3. The number of aromatic nitrogens is 1. The normalized spacial score (nSPS) is 11.4. The molecule has 1 heterocycles. The number of halogens is 1. The van der Waals surface area contributed by atoms with Crippen LogP contribution in [0, 0.1) is 18.3 Å². The Bertz CT molecular complexity index is 890. The van der Waals surface area contributed by atoms with Gasteiger partial charge in [-0.15, -0.1) is 11.3 Å². The molecular formula is C18H17ClN2O5S. The molecule has 1 atom stereocenters. The number of carbonyl (C=O) groups excluding carboxylic acids is 2. The van der Waals surface area contributed by atoms with Gasteiger partial charge in [0.1, 0.15) is 5.01 Å². The van der Waals surface area contributed by atoms with Gasteiger partial charge in [-0.3, -0.25) is 4.79 Å². The number of ketones is 1. The average molecular weight is 409 g/mol. The van der Waals surface area contributed by atoms with Crippen molar-refractivity contribution in [2.24, 2.45) is 0 Å². The minimum absolute atomic E-state index is 0.103. The molecule has 9 heteroatoms. The van der Waals surface area contributed by atoms with Crippen LogP contribution in [0.2, 0.25) is 5.02 Å². The average Bonchev–Trinajstić information content (AvgIpc) is 3.07. The van der Waals surface area contributed by atoms with Gasteiger partial charge in [0, 0.05) is 11.1 Å². The fourth-order valence-corrected chi connectivity index (χ4v) is 3.32. The standard InChI is InChI=1S/C18H17ClN2O5S/c1-4-25-16-13(19)5-11(6-15(16)24-3)18(23)26-8-14(22)12(7-20)17-21-10(2)9-27-17/h5-6,9,12H,4,8H2,1-3H3/t12-/m0/s1. The molecule has 0 aliphatic carbocycles. The Morgan fingerprint density at radius 2 is 2.15 bits per heavy atom. The lowest BCUT2D eigenvalue weighted by Crippen LogP contribution is -2.20. The summed E-state index contributed by atoms with van der Waals surface area (Å²) in [6.45, 7) is 3.38. The summed E-state index contributed by atoms with van der Waals surface area (Å²) in [5.74, 6) is -1.80. The first-order chi connectivity index (χ1) is 12.9. The van der Waals surface area contributed by atoms with Gasteiger partial charge < -0.3 is 14.2 Å². The Morgan fingerprint density at radius 1 is 1.41 bits per heavy atom. The van der Waals surface area contributed by atoms with E-state index in [0.29, 0.717) is 17.4 Å². The molecule has 0 saturated carbocycles. The summed E-state index contributed by atoms with van der Waals surface area (Å²) < 4.78 is 15.6. The summed E-state index contributed by atoms with van der Waals surface area (Å²) in [5.41, 5.74) is 0.822. The highest BCUT2D eigenvalue weighted by molar-refractivity contribution is 7.09. The molecule has 0 fully saturated rings. The highest BCUT2D eigenvalue weighted by atomic mass is 35.5. The minimum Gasteiger partial charge on any atom is -0.493 e. The molecule has 0 aliphatic rings. The van der Waals surface area contributed by atoms with Crippen LogP contribution >= 0.6 is 22.9 Å². The summed E-state index contributed by atoms with van der Waals surface area (Å²) in [4.78, 5) is 28.6. The number of nitriles is 1. The van der Waals surface area contributed by atoms with Gasteiger partial charge >= 0.3 is 5.97 Å². The van der Waals surface area contributed by atoms with Crippen LogP contribution in [0.3, 0.4) is 0 Å². The molecule has 27 heavy (non-hydrogen) atoms. The Hall–Kier alpha value is -2.63. The van der Waals surface area contributed by atoms with Crippen LogP contribution in [-0.2, 0) is 9.53 Å². The maximum Gasteiger partial charge on any atom is 0.338 e. The lowest BCUT2D eigenvalue weighted by atomic mass is 10.1. The topological polar surface area (TPSA) is 98.5 Å². The van der Waals surface area contributed by atoms with E-state index in [9.17, 15) is 14.9 Å². The number of nitrogens with zero attached hydrogens (tertiary/aromatic N) is 2. The van der Waals surface area contributed by atoms with Crippen molar-refractivity contribution in [3.05, 3.63) is 38.8 Å². The van der Waals surface area contributed by atoms with Gasteiger partial charge in [-0.05, 0) is 26.0 Å².